The van der Waals surface area contributed by atoms with Crippen LogP contribution in [0.5, 0.6) is 0 Å². The Balaban J connectivity index is 2.44. The molecule has 7 heteroatoms. The summed E-state index contributed by atoms with van der Waals surface area (Å²) in [5.74, 6) is 1.94. The predicted octanol–water partition coefficient (Wildman–Crippen LogP) is 0.470. The van der Waals surface area contributed by atoms with Crippen molar-refractivity contribution in [2.75, 3.05) is 37.0 Å². The number of morpholine rings is 1. The Morgan fingerprint density at radius 1 is 1.52 bits per heavy atom. The van der Waals surface area contributed by atoms with Gasteiger partial charge in [-0.25, -0.2) is 9.97 Å². The fourth-order valence-corrected chi connectivity index (χ4v) is 2.50. The number of rotatable bonds is 5. The van der Waals surface area contributed by atoms with Gasteiger partial charge in [0.05, 0.1) is 13.2 Å². The van der Waals surface area contributed by atoms with Crippen molar-refractivity contribution in [1.82, 2.24) is 9.97 Å². The Morgan fingerprint density at radius 3 is 2.90 bits per heavy atom. The summed E-state index contributed by atoms with van der Waals surface area (Å²) in [4.78, 5) is 22.7. The Kier molecular flexibility index (Phi) is 4.95. The van der Waals surface area contributed by atoms with Gasteiger partial charge in [0.15, 0.2) is 0 Å². The van der Waals surface area contributed by atoms with Crippen molar-refractivity contribution in [1.29, 1.82) is 0 Å². The lowest BCUT2D eigenvalue weighted by molar-refractivity contribution is -0.121. The first-order valence-corrected chi connectivity index (χ1v) is 7.27. The summed E-state index contributed by atoms with van der Waals surface area (Å²) in [5.41, 5.74) is 6.41. The highest BCUT2D eigenvalue weighted by molar-refractivity contribution is 5.84. The third-order valence-corrected chi connectivity index (χ3v) is 3.61. The van der Waals surface area contributed by atoms with Crippen LogP contribution in [0.1, 0.15) is 24.7 Å². The minimum atomic E-state index is -0.480. The lowest BCUT2D eigenvalue weighted by atomic mass is 10.1. The molecule has 1 aromatic rings. The summed E-state index contributed by atoms with van der Waals surface area (Å²) in [6.45, 7) is 5.50. The third-order valence-electron chi connectivity index (χ3n) is 3.61. The molecule has 0 bridgehead atoms. The molecule has 21 heavy (non-hydrogen) atoms. The van der Waals surface area contributed by atoms with Crippen LogP contribution in [0.4, 0.5) is 11.6 Å². The highest BCUT2D eigenvalue weighted by Gasteiger charge is 2.30. The number of hydrogen-bond donors (Lipinski definition) is 2. The number of aryl methyl sites for hydroxylation is 1. The van der Waals surface area contributed by atoms with Crippen molar-refractivity contribution >= 4 is 17.5 Å². The van der Waals surface area contributed by atoms with Gasteiger partial charge in [0.2, 0.25) is 5.91 Å². The van der Waals surface area contributed by atoms with Crippen LogP contribution in [-0.4, -0.2) is 48.7 Å². The molecule has 0 aromatic carbocycles. The first-order chi connectivity index (χ1) is 10.1. The molecule has 0 radical (unpaired) electrons. The first-order valence-electron chi connectivity index (χ1n) is 7.27. The van der Waals surface area contributed by atoms with Gasteiger partial charge in [-0.1, -0.05) is 6.92 Å². The fourth-order valence-electron chi connectivity index (χ4n) is 2.50. The summed E-state index contributed by atoms with van der Waals surface area (Å²) in [6, 6.07) is -0.480. The summed E-state index contributed by atoms with van der Waals surface area (Å²) < 4.78 is 5.37. The van der Waals surface area contributed by atoms with Crippen LogP contribution in [0.15, 0.2) is 0 Å². The van der Waals surface area contributed by atoms with Crippen molar-refractivity contribution in [2.24, 2.45) is 5.73 Å². The first kappa shape index (κ1) is 15.5. The molecule has 3 N–H and O–H groups in total. The van der Waals surface area contributed by atoms with E-state index in [9.17, 15) is 4.79 Å². The Hall–Kier alpha value is -1.89. The average molecular weight is 293 g/mol. The second-order valence-electron chi connectivity index (χ2n) is 5.12. The van der Waals surface area contributed by atoms with Crippen LogP contribution in [0.2, 0.25) is 0 Å². The van der Waals surface area contributed by atoms with E-state index in [-0.39, 0.29) is 0 Å². The molecule has 7 nitrogen and oxygen atoms in total. The van der Waals surface area contributed by atoms with Crippen molar-refractivity contribution in [2.45, 2.75) is 32.7 Å². The highest BCUT2D eigenvalue weighted by atomic mass is 16.5. The Bertz CT molecular complexity index is 520. The molecular weight excluding hydrogens is 270 g/mol. The van der Waals surface area contributed by atoms with E-state index in [1.54, 1.807) is 0 Å². The number of hydrogen-bond acceptors (Lipinski definition) is 6. The van der Waals surface area contributed by atoms with Gasteiger partial charge in [0.1, 0.15) is 23.5 Å². The number of nitrogens with one attached hydrogen (secondary N) is 1. The molecule has 1 amide bonds. The van der Waals surface area contributed by atoms with Crippen molar-refractivity contribution in [3.8, 4) is 0 Å². The lowest BCUT2D eigenvalue weighted by Gasteiger charge is -2.35. The molecule has 116 valence electrons. The molecular formula is C14H23N5O2. The van der Waals surface area contributed by atoms with Gasteiger partial charge in [-0.3, -0.25) is 4.79 Å². The van der Waals surface area contributed by atoms with E-state index < -0.39 is 11.9 Å². The van der Waals surface area contributed by atoms with Crippen LogP contribution in [0, 0.1) is 6.92 Å². The maximum atomic E-state index is 11.7. The average Bonchev–Trinajstić information content (AvgIpc) is 2.49. The molecule has 1 aromatic heterocycles. The van der Waals surface area contributed by atoms with Gasteiger partial charge in [0.25, 0.3) is 0 Å². The number of carbonyl (C=O) groups excluding carboxylic acids is 1. The summed E-state index contributed by atoms with van der Waals surface area (Å²) in [5, 5.41) is 3.09. The van der Waals surface area contributed by atoms with Gasteiger partial charge < -0.3 is 20.7 Å². The van der Waals surface area contributed by atoms with Crippen LogP contribution in [0.3, 0.4) is 0 Å². The van der Waals surface area contributed by atoms with Gasteiger partial charge in [-0.15, -0.1) is 0 Å². The number of nitrogens with zero attached hydrogens (tertiary/aromatic N) is 3. The van der Waals surface area contributed by atoms with Gasteiger partial charge in [-0.05, 0) is 13.3 Å². The van der Waals surface area contributed by atoms with Crippen LogP contribution >= 0.6 is 0 Å². The van der Waals surface area contributed by atoms with Gasteiger partial charge in [0, 0.05) is 25.6 Å². The monoisotopic (exact) mass is 293 g/mol. The van der Waals surface area contributed by atoms with E-state index in [1.807, 2.05) is 18.9 Å². The van der Waals surface area contributed by atoms with Crippen LogP contribution < -0.4 is 16.0 Å². The number of amides is 1. The van der Waals surface area contributed by atoms with E-state index >= 15 is 0 Å². The molecule has 1 aliphatic heterocycles. The molecule has 1 aliphatic rings. The highest BCUT2D eigenvalue weighted by Crippen LogP contribution is 2.26. The zero-order valence-corrected chi connectivity index (χ0v) is 12.8. The quantitative estimate of drug-likeness (QED) is 0.819. The van der Waals surface area contributed by atoms with E-state index in [0.717, 1.165) is 35.9 Å². The molecule has 0 spiro atoms. The Labute approximate surface area is 124 Å². The number of aromatic nitrogens is 2. The van der Waals surface area contributed by atoms with Crippen LogP contribution in [0.25, 0.3) is 0 Å². The van der Waals surface area contributed by atoms with E-state index in [1.165, 1.54) is 0 Å². The molecule has 1 saturated heterocycles. The van der Waals surface area contributed by atoms with Gasteiger partial charge >= 0.3 is 0 Å². The molecule has 2 rings (SSSR count). The number of carbonyl (C=O) groups is 1. The summed E-state index contributed by atoms with van der Waals surface area (Å²) >= 11 is 0. The van der Waals surface area contributed by atoms with E-state index in [2.05, 4.69) is 22.2 Å². The lowest BCUT2D eigenvalue weighted by Crippen LogP contribution is -2.53. The zero-order chi connectivity index (χ0) is 15.4. The summed E-state index contributed by atoms with van der Waals surface area (Å²) in [6.07, 6.45) is 1.77. The van der Waals surface area contributed by atoms with Crippen molar-refractivity contribution in [3.63, 3.8) is 0 Å². The second-order valence-corrected chi connectivity index (χ2v) is 5.12. The Morgan fingerprint density at radius 2 is 2.29 bits per heavy atom. The molecule has 1 unspecified atom stereocenters. The molecule has 2 heterocycles. The number of ether oxygens (including phenoxy) is 1. The number of anilines is 2. The molecule has 0 aliphatic carbocycles. The van der Waals surface area contributed by atoms with E-state index in [0.29, 0.717) is 19.8 Å². The normalized spacial score (nSPS) is 18.6. The predicted molar refractivity (Wildman–Crippen MR) is 81.5 cm³/mol. The van der Waals surface area contributed by atoms with Crippen LogP contribution in [-0.2, 0) is 16.0 Å². The maximum Gasteiger partial charge on any atom is 0.242 e. The SMILES string of the molecule is CCCc1nc(NC)c(C)c(N2CCOCC2C(N)=O)n1. The minimum Gasteiger partial charge on any atom is -0.377 e. The molecule has 1 atom stereocenters. The van der Waals surface area contributed by atoms with E-state index in [4.69, 9.17) is 10.5 Å². The standard InChI is InChI=1S/C14H23N5O2/c1-4-5-11-17-13(16-3)9(2)14(18-11)19-6-7-21-8-10(19)12(15)20/h10H,4-8H2,1-3H3,(H2,15,20)(H,16,17,18). The van der Waals surface area contributed by atoms with Gasteiger partial charge in [-0.2, -0.15) is 0 Å². The summed E-state index contributed by atoms with van der Waals surface area (Å²) in [7, 11) is 1.83. The minimum absolute atomic E-state index is 0.302. The smallest absolute Gasteiger partial charge is 0.242 e. The largest absolute Gasteiger partial charge is 0.377 e. The van der Waals surface area contributed by atoms with Crippen molar-refractivity contribution < 1.29 is 9.53 Å². The second kappa shape index (κ2) is 6.71. The maximum absolute atomic E-state index is 11.7. The third kappa shape index (κ3) is 3.24. The van der Waals surface area contributed by atoms with Crippen molar-refractivity contribution in [3.05, 3.63) is 11.4 Å². The fraction of sp³-hybridized carbons (Fsp3) is 0.643. The zero-order valence-electron chi connectivity index (χ0n) is 12.8. The molecule has 0 saturated carbocycles. The number of primary amides is 1. The topological polar surface area (TPSA) is 93.4 Å². The molecule has 1 fully saturated rings. The number of nitrogens with two attached hydrogens (primary N) is 1.